The van der Waals surface area contributed by atoms with Gasteiger partial charge in [0.05, 0.1) is 0 Å². The van der Waals surface area contributed by atoms with E-state index in [9.17, 15) is 4.39 Å². The normalized spacial score (nSPS) is 12.1. The van der Waals surface area contributed by atoms with E-state index < -0.39 is 0 Å². The van der Waals surface area contributed by atoms with Crippen LogP contribution in [0.1, 0.15) is 11.1 Å². The van der Waals surface area contributed by atoms with Gasteiger partial charge in [0, 0.05) is 19.3 Å². The van der Waals surface area contributed by atoms with Crippen molar-refractivity contribution in [2.45, 2.75) is 13.5 Å². The summed E-state index contributed by atoms with van der Waals surface area (Å²) in [4.78, 5) is 1.88. The molecule has 0 unspecified atom stereocenters. The van der Waals surface area contributed by atoms with Crippen molar-refractivity contribution in [1.29, 1.82) is 0 Å². The minimum absolute atomic E-state index is 0.253. The predicted molar refractivity (Wildman–Crippen MR) is 91.4 cm³/mol. The summed E-state index contributed by atoms with van der Waals surface area (Å²) < 4.78 is 24.2. The highest BCUT2D eigenvalue weighted by Gasteiger charge is 2.14. The number of ether oxygens (including phenoxy) is 2. The fourth-order valence-corrected chi connectivity index (χ4v) is 2.46. The highest BCUT2D eigenvalue weighted by molar-refractivity contribution is 7.80. The number of nitrogens with zero attached hydrogens (tertiary/aromatic N) is 1. The quantitative estimate of drug-likeness (QED) is 0.867. The number of fused-ring (bicyclic) bond motifs is 1. The lowest BCUT2D eigenvalue weighted by atomic mass is 10.2. The Balaban J connectivity index is 1.64. The molecule has 0 radical (unpaired) electrons. The first kappa shape index (κ1) is 15.6. The van der Waals surface area contributed by atoms with Crippen LogP contribution in [0.4, 0.5) is 10.1 Å². The van der Waals surface area contributed by atoms with E-state index in [1.807, 2.05) is 30.1 Å². The molecule has 23 heavy (non-hydrogen) atoms. The van der Waals surface area contributed by atoms with E-state index in [-0.39, 0.29) is 12.6 Å². The molecule has 2 aromatic carbocycles. The van der Waals surface area contributed by atoms with Crippen LogP contribution in [-0.2, 0) is 6.54 Å². The van der Waals surface area contributed by atoms with Crippen molar-refractivity contribution in [2.24, 2.45) is 0 Å². The Kier molecular flexibility index (Phi) is 4.34. The van der Waals surface area contributed by atoms with Crippen molar-refractivity contribution in [3.63, 3.8) is 0 Å². The van der Waals surface area contributed by atoms with Gasteiger partial charge in [0.15, 0.2) is 16.6 Å². The Morgan fingerprint density at radius 3 is 2.78 bits per heavy atom. The van der Waals surface area contributed by atoms with Gasteiger partial charge in [-0.3, -0.25) is 0 Å². The second kappa shape index (κ2) is 6.42. The molecule has 6 heteroatoms. The lowest BCUT2D eigenvalue weighted by Gasteiger charge is -2.21. The topological polar surface area (TPSA) is 33.7 Å². The molecule has 1 aliphatic heterocycles. The molecule has 0 amide bonds. The number of nitrogens with one attached hydrogen (secondary N) is 1. The van der Waals surface area contributed by atoms with Crippen molar-refractivity contribution in [3.05, 3.63) is 53.3 Å². The summed E-state index contributed by atoms with van der Waals surface area (Å²) in [5, 5.41) is 3.56. The zero-order valence-corrected chi connectivity index (χ0v) is 13.7. The summed E-state index contributed by atoms with van der Waals surface area (Å²) in [6.45, 7) is 2.59. The molecule has 1 aliphatic rings. The first-order valence-corrected chi connectivity index (χ1v) is 7.60. The molecule has 0 aromatic heterocycles. The van der Waals surface area contributed by atoms with Gasteiger partial charge in [0.2, 0.25) is 6.79 Å². The lowest BCUT2D eigenvalue weighted by Crippen LogP contribution is -2.30. The van der Waals surface area contributed by atoms with Crippen LogP contribution in [0.2, 0.25) is 0 Å². The Bertz CT molecular complexity index is 751. The molecule has 120 valence electrons. The van der Waals surface area contributed by atoms with E-state index in [0.29, 0.717) is 22.9 Å². The van der Waals surface area contributed by atoms with Gasteiger partial charge in [0.1, 0.15) is 5.82 Å². The minimum atomic E-state index is -0.253. The van der Waals surface area contributed by atoms with Crippen molar-refractivity contribution >= 4 is 23.0 Å². The van der Waals surface area contributed by atoms with Crippen LogP contribution in [0.25, 0.3) is 0 Å². The van der Waals surface area contributed by atoms with Crippen molar-refractivity contribution in [1.82, 2.24) is 4.90 Å². The highest BCUT2D eigenvalue weighted by Crippen LogP contribution is 2.32. The van der Waals surface area contributed by atoms with Gasteiger partial charge in [0.25, 0.3) is 0 Å². The van der Waals surface area contributed by atoms with E-state index in [2.05, 4.69) is 5.32 Å². The van der Waals surface area contributed by atoms with Crippen molar-refractivity contribution in [2.75, 3.05) is 19.2 Å². The van der Waals surface area contributed by atoms with Gasteiger partial charge in [-0.05, 0) is 54.5 Å². The Hall–Kier alpha value is -2.34. The predicted octanol–water partition coefficient (Wildman–Crippen LogP) is 3.69. The second-order valence-corrected chi connectivity index (χ2v) is 5.82. The molecule has 1 N–H and O–H groups in total. The molecule has 0 aliphatic carbocycles. The molecule has 3 rings (SSSR count). The SMILES string of the molecule is Cc1ccc(NC(=S)N(C)Cc2ccc3c(c2)OCO3)cc1F. The third kappa shape index (κ3) is 3.53. The molecule has 0 saturated heterocycles. The molecule has 0 fully saturated rings. The molecule has 2 aromatic rings. The number of hydrogen-bond donors (Lipinski definition) is 1. The van der Waals surface area contributed by atoms with E-state index >= 15 is 0 Å². The number of hydrogen-bond acceptors (Lipinski definition) is 3. The standard InChI is InChI=1S/C17H17FN2O2S/c1-11-3-5-13(8-14(11)18)19-17(23)20(2)9-12-4-6-15-16(7-12)22-10-21-15/h3-8H,9-10H2,1-2H3,(H,19,23). The molecule has 0 spiro atoms. The maximum Gasteiger partial charge on any atom is 0.231 e. The number of benzene rings is 2. The first-order valence-electron chi connectivity index (χ1n) is 7.20. The monoisotopic (exact) mass is 332 g/mol. The fraction of sp³-hybridized carbons (Fsp3) is 0.235. The zero-order valence-electron chi connectivity index (χ0n) is 12.9. The third-order valence-corrected chi connectivity index (χ3v) is 4.04. The first-order chi connectivity index (χ1) is 11.0. The van der Waals surface area contributed by atoms with Crippen LogP contribution >= 0.6 is 12.2 Å². The fourth-order valence-electron chi connectivity index (χ4n) is 2.27. The largest absolute Gasteiger partial charge is 0.454 e. The minimum Gasteiger partial charge on any atom is -0.454 e. The maximum absolute atomic E-state index is 13.6. The van der Waals surface area contributed by atoms with Crippen LogP contribution in [-0.4, -0.2) is 23.9 Å². The van der Waals surface area contributed by atoms with Crippen LogP contribution in [0.3, 0.4) is 0 Å². The summed E-state index contributed by atoms with van der Waals surface area (Å²) in [5.74, 6) is 1.25. The summed E-state index contributed by atoms with van der Waals surface area (Å²) >= 11 is 5.37. The Morgan fingerprint density at radius 2 is 2.00 bits per heavy atom. The van der Waals surface area contributed by atoms with Gasteiger partial charge < -0.3 is 19.7 Å². The van der Waals surface area contributed by atoms with Crippen LogP contribution in [0.15, 0.2) is 36.4 Å². The van der Waals surface area contributed by atoms with E-state index in [1.165, 1.54) is 6.07 Å². The number of halogens is 1. The highest BCUT2D eigenvalue weighted by atomic mass is 32.1. The summed E-state index contributed by atoms with van der Waals surface area (Å²) in [5.41, 5.74) is 2.29. The van der Waals surface area contributed by atoms with Gasteiger partial charge in [-0.15, -0.1) is 0 Å². The Morgan fingerprint density at radius 1 is 1.22 bits per heavy atom. The van der Waals surface area contributed by atoms with Crippen LogP contribution < -0.4 is 14.8 Å². The average molecular weight is 332 g/mol. The number of rotatable bonds is 3. The lowest BCUT2D eigenvalue weighted by molar-refractivity contribution is 0.174. The van der Waals surface area contributed by atoms with Crippen LogP contribution in [0.5, 0.6) is 11.5 Å². The molecular formula is C17H17FN2O2S. The molecule has 4 nitrogen and oxygen atoms in total. The Labute approximate surface area is 139 Å². The van der Waals surface area contributed by atoms with Gasteiger partial charge >= 0.3 is 0 Å². The number of anilines is 1. The van der Waals surface area contributed by atoms with Gasteiger partial charge in [-0.1, -0.05) is 12.1 Å². The molecule has 0 bridgehead atoms. The van der Waals surface area contributed by atoms with E-state index in [0.717, 1.165) is 17.1 Å². The summed E-state index contributed by atoms with van der Waals surface area (Å²) in [6.07, 6.45) is 0. The second-order valence-electron chi connectivity index (χ2n) is 5.44. The molecule has 1 heterocycles. The van der Waals surface area contributed by atoms with Gasteiger partial charge in [-0.2, -0.15) is 0 Å². The molecule has 0 saturated carbocycles. The van der Waals surface area contributed by atoms with E-state index in [4.69, 9.17) is 21.7 Å². The maximum atomic E-state index is 13.6. The van der Waals surface area contributed by atoms with Crippen molar-refractivity contribution < 1.29 is 13.9 Å². The third-order valence-electron chi connectivity index (χ3n) is 3.63. The summed E-state index contributed by atoms with van der Waals surface area (Å²) in [6, 6.07) is 10.8. The zero-order chi connectivity index (χ0) is 16.4. The smallest absolute Gasteiger partial charge is 0.231 e. The van der Waals surface area contributed by atoms with Crippen molar-refractivity contribution in [3.8, 4) is 11.5 Å². The molecular weight excluding hydrogens is 315 g/mol. The van der Waals surface area contributed by atoms with E-state index in [1.54, 1.807) is 19.1 Å². The number of thiocarbonyl (C=S) groups is 1. The molecule has 0 atom stereocenters. The number of aryl methyl sites for hydroxylation is 1. The van der Waals surface area contributed by atoms with Gasteiger partial charge in [-0.25, -0.2) is 4.39 Å². The average Bonchev–Trinajstić information content (AvgIpc) is 2.98. The summed E-state index contributed by atoms with van der Waals surface area (Å²) in [7, 11) is 1.88. The van der Waals surface area contributed by atoms with Crippen LogP contribution in [0, 0.1) is 12.7 Å².